The standard InChI is InChI=1S/C19H23ClN2O4S/c1-13(15-7-6-8-16(20)11-15)21(3)19(23)17-12-18(14(2)26-17)27(24,25)22-9-4-5-10-22/h6-8,11-13H,4-5,9-10H2,1-3H3. The van der Waals surface area contributed by atoms with Gasteiger partial charge >= 0.3 is 0 Å². The summed E-state index contributed by atoms with van der Waals surface area (Å²) in [5.74, 6) is -0.135. The first kappa shape index (κ1) is 19.9. The van der Waals surface area contributed by atoms with Crippen LogP contribution in [0.5, 0.6) is 0 Å². The van der Waals surface area contributed by atoms with Gasteiger partial charge in [-0.05, 0) is 44.4 Å². The van der Waals surface area contributed by atoms with Crippen molar-refractivity contribution in [3.63, 3.8) is 0 Å². The zero-order chi connectivity index (χ0) is 19.8. The number of nitrogens with zero attached hydrogens (tertiary/aromatic N) is 2. The van der Waals surface area contributed by atoms with Crippen molar-refractivity contribution in [2.75, 3.05) is 20.1 Å². The van der Waals surface area contributed by atoms with Crippen molar-refractivity contribution in [2.24, 2.45) is 0 Å². The summed E-state index contributed by atoms with van der Waals surface area (Å²) >= 11 is 6.03. The summed E-state index contributed by atoms with van der Waals surface area (Å²) in [5, 5.41) is 0.591. The average molecular weight is 411 g/mol. The highest BCUT2D eigenvalue weighted by molar-refractivity contribution is 7.89. The van der Waals surface area contributed by atoms with Gasteiger partial charge in [0.1, 0.15) is 10.7 Å². The summed E-state index contributed by atoms with van der Waals surface area (Å²) in [5.41, 5.74) is 0.881. The van der Waals surface area contributed by atoms with Gasteiger partial charge in [-0.15, -0.1) is 0 Å². The lowest BCUT2D eigenvalue weighted by molar-refractivity contribution is 0.0709. The lowest BCUT2D eigenvalue weighted by Gasteiger charge is -2.24. The highest BCUT2D eigenvalue weighted by Crippen LogP contribution is 2.29. The van der Waals surface area contributed by atoms with Gasteiger partial charge in [-0.3, -0.25) is 4.79 Å². The molecule has 1 aliphatic heterocycles. The minimum Gasteiger partial charge on any atom is -0.455 e. The Labute approximate surface area is 164 Å². The largest absolute Gasteiger partial charge is 0.455 e. The van der Waals surface area contributed by atoms with Gasteiger partial charge in [0.2, 0.25) is 10.0 Å². The Morgan fingerprint density at radius 3 is 2.56 bits per heavy atom. The molecule has 0 radical (unpaired) electrons. The topological polar surface area (TPSA) is 70.8 Å². The second-order valence-electron chi connectivity index (χ2n) is 6.79. The van der Waals surface area contributed by atoms with Gasteiger partial charge in [-0.2, -0.15) is 4.31 Å². The van der Waals surface area contributed by atoms with Crippen molar-refractivity contribution >= 4 is 27.5 Å². The summed E-state index contributed by atoms with van der Waals surface area (Å²) in [6.45, 7) is 4.45. The quantitative estimate of drug-likeness (QED) is 0.750. The monoisotopic (exact) mass is 410 g/mol. The maximum atomic E-state index is 12.8. The predicted octanol–water partition coefficient (Wildman–Crippen LogP) is 3.86. The fraction of sp³-hybridized carbons (Fsp3) is 0.421. The molecule has 6 nitrogen and oxygen atoms in total. The molecule has 1 unspecified atom stereocenters. The van der Waals surface area contributed by atoms with E-state index in [1.165, 1.54) is 15.3 Å². The van der Waals surface area contributed by atoms with E-state index in [1.54, 1.807) is 26.1 Å². The van der Waals surface area contributed by atoms with Crippen LogP contribution in [-0.2, 0) is 10.0 Å². The minimum atomic E-state index is -3.63. The van der Waals surface area contributed by atoms with Crippen LogP contribution in [0.25, 0.3) is 0 Å². The molecule has 1 aliphatic rings. The molecular weight excluding hydrogens is 388 g/mol. The number of hydrogen-bond acceptors (Lipinski definition) is 4. The molecule has 0 aliphatic carbocycles. The van der Waals surface area contributed by atoms with Gasteiger partial charge in [-0.25, -0.2) is 8.42 Å². The number of sulfonamides is 1. The third-order valence-electron chi connectivity index (χ3n) is 5.00. The molecule has 1 atom stereocenters. The van der Waals surface area contributed by atoms with Gasteiger partial charge in [0, 0.05) is 31.2 Å². The molecule has 1 amide bonds. The van der Waals surface area contributed by atoms with E-state index in [0.717, 1.165) is 18.4 Å². The average Bonchev–Trinajstić information content (AvgIpc) is 3.30. The zero-order valence-corrected chi connectivity index (χ0v) is 17.2. The van der Waals surface area contributed by atoms with Crippen molar-refractivity contribution in [3.05, 3.63) is 52.4 Å². The Balaban J connectivity index is 1.85. The molecule has 2 heterocycles. The van der Waals surface area contributed by atoms with Gasteiger partial charge in [0.05, 0.1) is 6.04 Å². The molecule has 1 fully saturated rings. The van der Waals surface area contributed by atoms with Crippen molar-refractivity contribution in [1.82, 2.24) is 9.21 Å². The number of furan rings is 1. The van der Waals surface area contributed by atoms with Crippen LogP contribution in [0.2, 0.25) is 5.02 Å². The molecule has 3 rings (SSSR count). The number of aryl methyl sites for hydroxylation is 1. The van der Waals surface area contributed by atoms with E-state index in [1.807, 2.05) is 19.1 Å². The summed E-state index contributed by atoms with van der Waals surface area (Å²) in [4.78, 5) is 14.4. The van der Waals surface area contributed by atoms with Crippen LogP contribution >= 0.6 is 11.6 Å². The van der Waals surface area contributed by atoms with Crippen molar-refractivity contribution < 1.29 is 17.6 Å². The molecule has 0 bridgehead atoms. The number of rotatable bonds is 5. The van der Waals surface area contributed by atoms with E-state index in [9.17, 15) is 13.2 Å². The summed E-state index contributed by atoms with van der Waals surface area (Å²) in [6.07, 6.45) is 1.70. The third-order valence-corrected chi connectivity index (χ3v) is 7.24. The van der Waals surface area contributed by atoms with E-state index in [2.05, 4.69) is 0 Å². The Hall–Kier alpha value is -1.83. The van der Waals surface area contributed by atoms with Crippen LogP contribution in [0.1, 0.15) is 47.7 Å². The molecule has 1 saturated heterocycles. The number of carbonyl (C=O) groups excluding carboxylic acids is 1. The van der Waals surface area contributed by atoms with Gasteiger partial charge in [0.25, 0.3) is 5.91 Å². The molecule has 0 N–H and O–H groups in total. The molecule has 146 valence electrons. The minimum absolute atomic E-state index is 0.0154. The molecule has 0 spiro atoms. The number of amides is 1. The zero-order valence-electron chi connectivity index (χ0n) is 15.6. The molecule has 27 heavy (non-hydrogen) atoms. The van der Waals surface area contributed by atoms with Crippen molar-refractivity contribution in [1.29, 1.82) is 0 Å². The fourth-order valence-corrected chi connectivity index (χ4v) is 5.11. The molecule has 8 heteroatoms. The Morgan fingerprint density at radius 2 is 1.93 bits per heavy atom. The van der Waals surface area contributed by atoms with E-state index in [4.69, 9.17) is 16.0 Å². The lowest BCUT2D eigenvalue weighted by atomic mass is 10.1. The first-order chi connectivity index (χ1) is 12.7. The molecule has 1 aromatic carbocycles. The van der Waals surface area contributed by atoms with Crippen molar-refractivity contribution in [3.8, 4) is 0 Å². The number of carbonyl (C=O) groups is 1. The van der Waals surface area contributed by atoms with Crippen LogP contribution in [0.4, 0.5) is 0 Å². The van der Waals surface area contributed by atoms with Crippen LogP contribution in [0, 0.1) is 6.92 Å². The second kappa shape index (κ2) is 7.66. The molecule has 0 saturated carbocycles. The Kier molecular flexibility index (Phi) is 5.65. The normalized spacial score (nSPS) is 16.4. The SMILES string of the molecule is Cc1oc(C(=O)N(C)C(C)c2cccc(Cl)c2)cc1S(=O)(=O)N1CCCC1. The number of benzene rings is 1. The third kappa shape index (κ3) is 3.90. The Bertz CT molecular complexity index is 948. The second-order valence-corrected chi connectivity index (χ2v) is 9.13. The molecule has 1 aromatic heterocycles. The summed E-state index contributed by atoms with van der Waals surface area (Å²) in [6, 6.07) is 8.37. The van der Waals surface area contributed by atoms with E-state index in [0.29, 0.717) is 18.1 Å². The van der Waals surface area contributed by atoms with Crippen LogP contribution < -0.4 is 0 Å². The maximum absolute atomic E-state index is 12.8. The smallest absolute Gasteiger partial charge is 0.289 e. The highest BCUT2D eigenvalue weighted by atomic mass is 35.5. The number of halogens is 1. The van der Waals surface area contributed by atoms with Crippen LogP contribution in [0.3, 0.4) is 0 Å². The summed E-state index contributed by atoms with van der Waals surface area (Å²) in [7, 11) is -1.98. The Morgan fingerprint density at radius 1 is 1.26 bits per heavy atom. The summed E-state index contributed by atoms with van der Waals surface area (Å²) < 4.78 is 32.5. The predicted molar refractivity (Wildman–Crippen MR) is 103 cm³/mol. The highest BCUT2D eigenvalue weighted by Gasteiger charge is 2.32. The first-order valence-electron chi connectivity index (χ1n) is 8.85. The van der Waals surface area contributed by atoms with Crippen LogP contribution in [0.15, 0.2) is 39.6 Å². The fourth-order valence-electron chi connectivity index (χ4n) is 3.23. The molecule has 2 aromatic rings. The van der Waals surface area contributed by atoms with E-state index < -0.39 is 10.0 Å². The van der Waals surface area contributed by atoms with Crippen molar-refractivity contribution in [2.45, 2.75) is 37.6 Å². The van der Waals surface area contributed by atoms with E-state index in [-0.39, 0.29) is 28.4 Å². The lowest BCUT2D eigenvalue weighted by Crippen LogP contribution is -2.29. The van der Waals surface area contributed by atoms with Gasteiger partial charge in [-0.1, -0.05) is 23.7 Å². The molecular formula is C19H23ClN2O4S. The van der Waals surface area contributed by atoms with Gasteiger partial charge < -0.3 is 9.32 Å². The maximum Gasteiger partial charge on any atom is 0.289 e. The first-order valence-corrected chi connectivity index (χ1v) is 10.7. The van der Waals surface area contributed by atoms with Gasteiger partial charge in [0.15, 0.2) is 5.76 Å². The van der Waals surface area contributed by atoms with Crippen LogP contribution in [-0.4, -0.2) is 43.7 Å². The number of hydrogen-bond donors (Lipinski definition) is 0. The van der Waals surface area contributed by atoms with E-state index >= 15 is 0 Å².